The van der Waals surface area contributed by atoms with Crippen LogP contribution in [-0.4, -0.2) is 31.3 Å². The minimum atomic E-state index is -1.03. The number of nitrogens with one attached hydrogen (secondary N) is 1. The lowest BCUT2D eigenvalue weighted by Crippen LogP contribution is -2.15. The lowest BCUT2D eigenvalue weighted by molar-refractivity contribution is 0.0661. The molecule has 0 aromatic carbocycles. The number of unbranched alkanes of at least 4 members (excludes halogenated alkanes) is 1. The van der Waals surface area contributed by atoms with Gasteiger partial charge in [-0.05, 0) is 32.4 Å². The van der Waals surface area contributed by atoms with Crippen LogP contribution in [0.5, 0.6) is 0 Å². The van der Waals surface area contributed by atoms with Crippen molar-refractivity contribution in [2.24, 2.45) is 0 Å². The average molecular weight is 241 g/mol. The fourth-order valence-corrected chi connectivity index (χ4v) is 1.52. The molecule has 1 heterocycles. The van der Waals surface area contributed by atoms with Crippen molar-refractivity contribution < 1.29 is 19.1 Å². The molecular weight excluding hydrogens is 222 g/mol. The summed E-state index contributed by atoms with van der Waals surface area (Å²) in [6, 6.07) is 1.57. The Morgan fingerprint density at radius 1 is 1.53 bits per heavy atom. The number of aromatic carboxylic acids is 1. The molecule has 0 atom stereocenters. The molecule has 0 spiro atoms. The first-order valence-electron chi connectivity index (χ1n) is 5.67. The zero-order valence-electron chi connectivity index (χ0n) is 10.3. The summed E-state index contributed by atoms with van der Waals surface area (Å²) in [4.78, 5) is 10.7. The minimum absolute atomic E-state index is 0.00122. The normalized spacial score (nSPS) is 10.7. The molecule has 5 heteroatoms. The van der Waals surface area contributed by atoms with Crippen molar-refractivity contribution in [3.8, 4) is 0 Å². The highest BCUT2D eigenvalue weighted by Crippen LogP contribution is 2.14. The van der Waals surface area contributed by atoms with Gasteiger partial charge < -0.3 is 19.6 Å². The van der Waals surface area contributed by atoms with Gasteiger partial charge in [0, 0.05) is 25.8 Å². The minimum Gasteiger partial charge on any atom is -0.475 e. The number of carboxylic acid groups (broad SMARTS) is 1. The van der Waals surface area contributed by atoms with Crippen LogP contribution in [0, 0.1) is 6.92 Å². The average Bonchev–Trinajstić information content (AvgIpc) is 2.65. The largest absolute Gasteiger partial charge is 0.475 e. The van der Waals surface area contributed by atoms with Crippen molar-refractivity contribution >= 4 is 5.97 Å². The van der Waals surface area contributed by atoms with Crippen LogP contribution in [0.2, 0.25) is 0 Å². The number of rotatable bonds is 8. The van der Waals surface area contributed by atoms with E-state index in [4.69, 9.17) is 14.3 Å². The Morgan fingerprint density at radius 2 is 2.29 bits per heavy atom. The van der Waals surface area contributed by atoms with Crippen molar-refractivity contribution in [2.45, 2.75) is 26.3 Å². The van der Waals surface area contributed by atoms with E-state index in [0.717, 1.165) is 31.6 Å². The first kappa shape index (κ1) is 13.7. The molecule has 0 amide bonds. The van der Waals surface area contributed by atoms with Gasteiger partial charge in [-0.25, -0.2) is 4.79 Å². The van der Waals surface area contributed by atoms with Gasteiger partial charge in [-0.15, -0.1) is 0 Å². The number of hydrogen-bond acceptors (Lipinski definition) is 4. The van der Waals surface area contributed by atoms with Crippen LogP contribution in [0.25, 0.3) is 0 Å². The Labute approximate surface area is 101 Å². The highest BCUT2D eigenvalue weighted by Gasteiger charge is 2.12. The summed E-state index contributed by atoms with van der Waals surface area (Å²) in [5.41, 5.74) is 0.897. The third-order valence-corrected chi connectivity index (χ3v) is 2.50. The summed E-state index contributed by atoms with van der Waals surface area (Å²) in [5, 5.41) is 12.0. The number of carbonyl (C=O) groups is 1. The van der Waals surface area contributed by atoms with Crippen LogP contribution in [0.1, 0.15) is 34.7 Å². The quantitative estimate of drug-likeness (QED) is 0.679. The highest BCUT2D eigenvalue weighted by molar-refractivity contribution is 5.84. The van der Waals surface area contributed by atoms with Crippen molar-refractivity contribution in [3.63, 3.8) is 0 Å². The zero-order chi connectivity index (χ0) is 12.7. The SMILES string of the molecule is COCCCCNCc1cc(C(=O)O)oc1C. The fraction of sp³-hybridized carbons (Fsp3) is 0.583. The van der Waals surface area contributed by atoms with Crippen LogP contribution < -0.4 is 5.32 Å². The van der Waals surface area contributed by atoms with Crippen molar-refractivity contribution in [1.82, 2.24) is 5.32 Å². The monoisotopic (exact) mass is 241 g/mol. The summed E-state index contributed by atoms with van der Waals surface area (Å²) >= 11 is 0. The maximum absolute atomic E-state index is 10.7. The standard InChI is InChI=1S/C12H19NO4/c1-9-10(7-11(17-9)12(14)15)8-13-5-3-4-6-16-2/h7,13H,3-6,8H2,1-2H3,(H,14,15). The summed E-state index contributed by atoms with van der Waals surface area (Å²) in [6.45, 7) is 4.07. The molecule has 0 aliphatic heterocycles. The van der Waals surface area contributed by atoms with E-state index in [1.807, 2.05) is 0 Å². The van der Waals surface area contributed by atoms with Gasteiger partial charge in [0.2, 0.25) is 5.76 Å². The molecule has 0 bridgehead atoms. The van der Waals surface area contributed by atoms with Crippen LogP contribution in [-0.2, 0) is 11.3 Å². The molecule has 0 saturated heterocycles. The molecule has 17 heavy (non-hydrogen) atoms. The lowest BCUT2D eigenvalue weighted by Gasteiger charge is -2.03. The van der Waals surface area contributed by atoms with Crippen molar-refractivity contribution in [1.29, 1.82) is 0 Å². The fourth-order valence-electron chi connectivity index (χ4n) is 1.52. The second-order valence-corrected chi connectivity index (χ2v) is 3.87. The molecule has 1 aromatic rings. The van der Waals surface area contributed by atoms with Crippen LogP contribution in [0.15, 0.2) is 10.5 Å². The van der Waals surface area contributed by atoms with Gasteiger partial charge in [0.25, 0.3) is 0 Å². The maximum Gasteiger partial charge on any atom is 0.371 e. The molecule has 0 aliphatic carbocycles. The van der Waals surface area contributed by atoms with Crippen LogP contribution in [0.4, 0.5) is 0 Å². The number of aryl methyl sites for hydroxylation is 1. The first-order chi connectivity index (χ1) is 8.15. The van der Waals surface area contributed by atoms with Gasteiger partial charge in [-0.3, -0.25) is 0 Å². The Morgan fingerprint density at radius 3 is 2.88 bits per heavy atom. The molecule has 0 fully saturated rings. The smallest absolute Gasteiger partial charge is 0.371 e. The Kier molecular flexibility index (Phi) is 5.72. The topological polar surface area (TPSA) is 71.7 Å². The third kappa shape index (κ3) is 4.58. The van der Waals surface area contributed by atoms with E-state index in [1.54, 1.807) is 20.1 Å². The molecule has 0 radical (unpaired) electrons. The molecule has 2 N–H and O–H groups in total. The number of ether oxygens (including phenoxy) is 1. The Hall–Kier alpha value is -1.33. The van der Waals surface area contributed by atoms with Gasteiger partial charge in [0.05, 0.1) is 0 Å². The first-order valence-corrected chi connectivity index (χ1v) is 5.67. The molecule has 0 aliphatic rings. The highest BCUT2D eigenvalue weighted by atomic mass is 16.5. The number of hydrogen-bond donors (Lipinski definition) is 2. The predicted octanol–water partition coefficient (Wildman–Crippen LogP) is 1.80. The molecule has 0 saturated carbocycles. The zero-order valence-corrected chi connectivity index (χ0v) is 10.3. The van der Waals surface area contributed by atoms with E-state index in [0.29, 0.717) is 12.3 Å². The third-order valence-electron chi connectivity index (χ3n) is 2.50. The second kappa shape index (κ2) is 7.09. The van der Waals surface area contributed by atoms with Crippen LogP contribution in [0.3, 0.4) is 0 Å². The molecule has 96 valence electrons. The predicted molar refractivity (Wildman–Crippen MR) is 63.2 cm³/mol. The lowest BCUT2D eigenvalue weighted by atomic mass is 10.2. The van der Waals surface area contributed by atoms with E-state index in [-0.39, 0.29) is 5.76 Å². The van der Waals surface area contributed by atoms with E-state index < -0.39 is 5.97 Å². The number of methoxy groups -OCH3 is 1. The van der Waals surface area contributed by atoms with Crippen LogP contribution >= 0.6 is 0 Å². The van der Waals surface area contributed by atoms with Crippen molar-refractivity contribution in [2.75, 3.05) is 20.3 Å². The number of furan rings is 1. The summed E-state index contributed by atoms with van der Waals surface area (Å²) in [7, 11) is 1.69. The van der Waals surface area contributed by atoms with Gasteiger partial charge >= 0.3 is 5.97 Å². The summed E-state index contributed by atoms with van der Waals surface area (Å²) < 4.78 is 10.1. The van der Waals surface area contributed by atoms with E-state index in [1.165, 1.54) is 0 Å². The van der Waals surface area contributed by atoms with Gasteiger partial charge in [-0.1, -0.05) is 0 Å². The number of carboxylic acids is 1. The molecule has 1 aromatic heterocycles. The molecular formula is C12H19NO4. The maximum atomic E-state index is 10.7. The van der Waals surface area contributed by atoms with E-state index in [2.05, 4.69) is 5.32 Å². The van der Waals surface area contributed by atoms with Gasteiger partial charge in [0.15, 0.2) is 0 Å². The van der Waals surface area contributed by atoms with Crippen molar-refractivity contribution in [3.05, 3.63) is 23.2 Å². The van der Waals surface area contributed by atoms with Gasteiger partial charge in [-0.2, -0.15) is 0 Å². The molecule has 5 nitrogen and oxygen atoms in total. The summed E-state index contributed by atoms with van der Waals surface area (Å²) in [6.07, 6.45) is 2.06. The van der Waals surface area contributed by atoms with Gasteiger partial charge in [0.1, 0.15) is 5.76 Å². The van der Waals surface area contributed by atoms with E-state index >= 15 is 0 Å². The molecule has 1 rings (SSSR count). The van der Waals surface area contributed by atoms with E-state index in [9.17, 15) is 4.79 Å². The molecule has 0 unspecified atom stereocenters. The summed E-state index contributed by atoms with van der Waals surface area (Å²) in [5.74, 6) is -0.370. The Bertz CT molecular complexity index is 359. The second-order valence-electron chi connectivity index (χ2n) is 3.87. The Balaban J connectivity index is 2.29.